The van der Waals surface area contributed by atoms with Crippen LogP contribution < -0.4 is 16.0 Å². The summed E-state index contributed by atoms with van der Waals surface area (Å²) in [6, 6.07) is 5.87. The van der Waals surface area contributed by atoms with E-state index in [1.165, 1.54) is 36.8 Å². The molecule has 3 N–H and O–H groups in total. The monoisotopic (exact) mass is 395 g/mol. The smallest absolute Gasteiger partial charge is 0.327 e. The summed E-state index contributed by atoms with van der Waals surface area (Å²) >= 11 is 1.26. The van der Waals surface area contributed by atoms with Crippen molar-refractivity contribution in [3.8, 4) is 0 Å². The molecule has 0 saturated carbocycles. The molecule has 0 bridgehead atoms. The predicted molar refractivity (Wildman–Crippen MR) is 98.9 cm³/mol. The number of carbonyl (C=O) groups excluding carboxylic acids is 3. The van der Waals surface area contributed by atoms with E-state index in [0.717, 1.165) is 4.90 Å². The van der Waals surface area contributed by atoms with Crippen LogP contribution in [0, 0.1) is 11.7 Å². The largest absolute Gasteiger partial charge is 0.358 e. The van der Waals surface area contributed by atoms with Crippen LogP contribution in [-0.2, 0) is 9.59 Å². The van der Waals surface area contributed by atoms with Gasteiger partial charge in [-0.1, -0.05) is 18.2 Å². The van der Waals surface area contributed by atoms with E-state index in [1.54, 1.807) is 25.2 Å². The number of carbonyl (C=O) groups is 3. The minimum atomic E-state index is -0.616. The highest BCUT2D eigenvalue weighted by Gasteiger charge is 2.51. The van der Waals surface area contributed by atoms with Crippen molar-refractivity contribution in [2.45, 2.75) is 17.7 Å². The van der Waals surface area contributed by atoms with E-state index in [2.05, 4.69) is 16.0 Å². The van der Waals surface area contributed by atoms with Gasteiger partial charge in [-0.2, -0.15) is 0 Å². The van der Waals surface area contributed by atoms with Gasteiger partial charge in [0.15, 0.2) is 0 Å². The molecular formula is C17H22FN5O3S. The van der Waals surface area contributed by atoms with Crippen molar-refractivity contribution in [3.05, 3.63) is 35.6 Å². The molecular weight excluding hydrogens is 373 g/mol. The second kappa shape index (κ2) is 7.83. The molecule has 0 aromatic heterocycles. The fraction of sp³-hybridized carbons (Fsp3) is 0.471. The Morgan fingerprint density at radius 1 is 1.26 bits per heavy atom. The van der Waals surface area contributed by atoms with Crippen LogP contribution in [0.1, 0.15) is 11.7 Å². The number of halogens is 1. The summed E-state index contributed by atoms with van der Waals surface area (Å²) < 4.78 is 14.3. The van der Waals surface area contributed by atoms with E-state index in [1.807, 2.05) is 0 Å². The van der Waals surface area contributed by atoms with Crippen molar-refractivity contribution in [1.29, 1.82) is 0 Å². The Kier molecular flexibility index (Phi) is 5.68. The van der Waals surface area contributed by atoms with Gasteiger partial charge < -0.3 is 10.2 Å². The average molecular weight is 395 g/mol. The van der Waals surface area contributed by atoms with Gasteiger partial charge in [0.05, 0.1) is 29.4 Å². The van der Waals surface area contributed by atoms with Crippen LogP contribution in [-0.4, -0.2) is 66.1 Å². The quantitative estimate of drug-likeness (QED) is 0.679. The maximum Gasteiger partial charge on any atom is 0.327 e. The van der Waals surface area contributed by atoms with Gasteiger partial charge in [0.25, 0.3) is 0 Å². The Balaban J connectivity index is 1.93. The molecule has 2 fully saturated rings. The summed E-state index contributed by atoms with van der Waals surface area (Å²) in [5.41, 5.74) is 0.383. The van der Waals surface area contributed by atoms with Crippen molar-refractivity contribution in [2.24, 2.45) is 5.92 Å². The number of rotatable bonds is 4. The van der Waals surface area contributed by atoms with E-state index < -0.39 is 35.5 Å². The molecule has 0 spiro atoms. The molecule has 4 amide bonds. The zero-order chi connectivity index (χ0) is 19.7. The SMILES string of the molecule is CNC(=O)CSC1NC(c2ccccc2F)NC2C1C(=O)N(C)C(=O)N2C. The number of benzene rings is 1. The summed E-state index contributed by atoms with van der Waals surface area (Å²) in [5, 5.41) is 8.45. The van der Waals surface area contributed by atoms with Gasteiger partial charge in [0.2, 0.25) is 11.8 Å². The fourth-order valence-corrected chi connectivity index (χ4v) is 4.51. The molecule has 4 atom stereocenters. The number of hydrogen-bond donors (Lipinski definition) is 3. The number of amides is 4. The third kappa shape index (κ3) is 3.64. The van der Waals surface area contributed by atoms with E-state index in [0.29, 0.717) is 5.56 Å². The second-order valence-electron chi connectivity index (χ2n) is 6.45. The van der Waals surface area contributed by atoms with Gasteiger partial charge in [-0.25, -0.2) is 9.18 Å². The zero-order valence-electron chi connectivity index (χ0n) is 15.2. The minimum absolute atomic E-state index is 0.135. The molecule has 0 aliphatic carbocycles. The molecule has 2 aliphatic rings. The molecule has 2 heterocycles. The molecule has 2 aliphatic heterocycles. The molecule has 1 aromatic carbocycles. The lowest BCUT2D eigenvalue weighted by atomic mass is 9.96. The summed E-state index contributed by atoms with van der Waals surface area (Å²) in [5.74, 6) is -1.40. The summed E-state index contributed by atoms with van der Waals surface area (Å²) in [4.78, 5) is 39.3. The van der Waals surface area contributed by atoms with Crippen LogP contribution in [0.15, 0.2) is 24.3 Å². The average Bonchev–Trinajstić information content (AvgIpc) is 2.68. The number of nitrogens with zero attached hydrogens (tertiary/aromatic N) is 2. The van der Waals surface area contributed by atoms with Crippen LogP contribution in [0.2, 0.25) is 0 Å². The Bertz CT molecular complexity index is 764. The minimum Gasteiger partial charge on any atom is -0.358 e. The third-order valence-corrected chi connectivity index (χ3v) is 6.06. The van der Waals surface area contributed by atoms with Gasteiger partial charge in [0, 0.05) is 26.7 Å². The van der Waals surface area contributed by atoms with Gasteiger partial charge in [0.1, 0.15) is 5.82 Å². The second-order valence-corrected chi connectivity index (χ2v) is 7.58. The van der Waals surface area contributed by atoms with Crippen LogP contribution >= 0.6 is 11.8 Å². The van der Waals surface area contributed by atoms with Crippen LogP contribution in [0.4, 0.5) is 9.18 Å². The molecule has 2 saturated heterocycles. The van der Waals surface area contributed by atoms with Crippen molar-refractivity contribution in [2.75, 3.05) is 26.9 Å². The molecule has 10 heteroatoms. The Morgan fingerprint density at radius 2 is 1.96 bits per heavy atom. The predicted octanol–water partition coefficient (Wildman–Crippen LogP) is 0.288. The highest BCUT2D eigenvalue weighted by molar-refractivity contribution is 8.00. The first-order valence-corrected chi connectivity index (χ1v) is 9.53. The first-order chi connectivity index (χ1) is 12.8. The van der Waals surface area contributed by atoms with Crippen molar-refractivity contribution < 1.29 is 18.8 Å². The topological polar surface area (TPSA) is 93.8 Å². The van der Waals surface area contributed by atoms with Gasteiger partial charge in [-0.15, -0.1) is 11.8 Å². The van der Waals surface area contributed by atoms with Gasteiger partial charge in [-0.05, 0) is 6.07 Å². The number of nitrogens with one attached hydrogen (secondary N) is 3. The highest BCUT2D eigenvalue weighted by Crippen LogP contribution is 2.34. The molecule has 1 aromatic rings. The van der Waals surface area contributed by atoms with Crippen molar-refractivity contribution in [3.63, 3.8) is 0 Å². The maximum absolute atomic E-state index is 14.3. The van der Waals surface area contributed by atoms with E-state index >= 15 is 0 Å². The Labute approximate surface area is 160 Å². The molecule has 8 nitrogen and oxygen atoms in total. The van der Waals surface area contributed by atoms with Crippen LogP contribution in [0.25, 0.3) is 0 Å². The summed E-state index contributed by atoms with van der Waals surface area (Å²) in [7, 11) is 4.57. The Morgan fingerprint density at radius 3 is 2.63 bits per heavy atom. The third-order valence-electron chi connectivity index (χ3n) is 4.85. The normalized spacial score (nSPS) is 28.1. The Hall–Kier alpha value is -2.17. The lowest BCUT2D eigenvalue weighted by Crippen LogP contribution is -2.72. The number of imide groups is 1. The highest BCUT2D eigenvalue weighted by atomic mass is 32.2. The number of hydrogen-bond acceptors (Lipinski definition) is 6. The molecule has 27 heavy (non-hydrogen) atoms. The molecule has 0 radical (unpaired) electrons. The zero-order valence-corrected chi connectivity index (χ0v) is 16.0. The van der Waals surface area contributed by atoms with E-state index in [-0.39, 0.29) is 17.6 Å². The lowest BCUT2D eigenvalue weighted by molar-refractivity contribution is -0.140. The van der Waals surface area contributed by atoms with Gasteiger partial charge >= 0.3 is 6.03 Å². The van der Waals surface area contributed by atoms with E-state index in [9.17, 15) is 18.8 Å². The maximum atomic E-state index is 14.3. The number of urea groups is 1. The summed E-state index contributed by atoms with van der Waals surface area (Å²) in [6.45, 7) is 0. The number of fused-ring (bicyclic) bond motifs is 1. The van der Waals surface area contributed by atoms with Crippen molar-refractivity contribution in [1.82, 2.24) is 25.8 Å². The molecule has 3 rings (SSSR count). The van der Waals surface area contributed by atoms with Gasteiger partial charge in [-0.3, -0.25) is 25.1 Å². The van der Waals surface area contributed by atoms with Crippen molar-refractivity contribution >= 4 is 29.6 Å². The fourth-order valence-electron chi connectivity index (χ4n) is 3.32. The first-order valence-electron chi connectivity index (χ1n) is 8.48. The van der Waals surface area contributed by atoms with Crippen LogP contribution in [0.3, 0.4) is 0 Å². The molecule has 4 unspecified atom stereocenters. The number of thioether (sulfide) groups is 1. The lowest BCUT2D eigenvalue weighted by Gasteiger charge is -2.50. The summed E-state index contributed by atoms with van der Waals surface area (Å²) in [6.07, 6.45) is -1.23. The molecule has 146 valence electrons. The van der Waals surface area contributed by atoms with E-state index in [4.69, 9.17) is 0 Å². The first kappa shape index (κ1) is 19.6. The van der Waals surface area contributed by atoms with Crippen LogP contribution in [0.5, 0.6) is 0 Å². The standard InChI is InChI=1S/C17H22FN5O3S/c1-19-11(24)8-27-15-12-14(22(2)17(26)23(3)16(12)25)20-13(21-15)9-6-4-5-7-10(9)18/h4-7,12-15,20-21H,8H2,1-3H3,(H,19,24).